The fraction of sp³-hybridized carbons (Fsp3) is 0.182. The Labute approximate surface area is 106 Å². The van der Waals surface area contributed by atoms with Gasteiger partial charge in [0.25, 0.3) is 5.22 Å². The number of benzene rings is 1. The van der Waals surface area contributed by atoms with E-state index in [9.17, 15) is 9.18 Å². The van der Waals surface area contributed by atoms with Crippen molar-refractivity contribution in [1.82, 2.24) is 10.2 Å². The van der Waals surface area contributed by atoms with Gasteiger partial charge in [0.1, 0.15) is 11.1 Å². The molecule has 7 heteroatoms. The molecular weight excluding hydrogens is 259 g/mol. The smallest absolute Gasteiger partial charge is 0.316 e. The molecule has 1 heterocycles. The van der Waals surface area contributed by atoms with Crippen molar-refractivity contribution in [2.45, 2.75) is 17.4 Å². The van der Waals surface area contributed by atoms with Gasteiger partial charge in [-0.15, -0.1) is 10.2 Å². The van der Waals surface area contributed by atoms with Crippen LogP contribution in [0.2, 0.25) is 0 Å². The number of halogens is 1. The number of thioether (sulfide) groups is 1. The van der Waals surface area contributed by atoms with E-state index in [2.05, 4.69) is 10.2 Å². The van der Waals surface area contributed by atoms with Crippen molar-refractivity contribution in [3.8, 4) is 11.5 Å². The zero-order valence-electron chi connectivity index (χ0n) is 9.33. The number of aliphatic carboxylic acids is 1. The minimum atomic E-state index is -0.967. The van der Waals surface area contributed by atoms with Crippen LogP contribution >= 0.6 is 11.8 Å². The molecule has 0 saturated heterocycles. The quantitative estimate of drug-likeness (QED) is 0.858. The van der Waals surface area contributed by atoms with Crippen molar-refractivity contribution >= 4 is 17.7 Å². The maximum atomic E-state index is 13.0. The number of carbonyl (C=O) groups is 1. The largest absolute Gasteiger partial charge is 0.480 e. The van der Waals surface area contributed by atoms with Crippen molar-refractivity contribution in [2.24, 2.45) is 0 Å². The van der Waals surface area contributed by atoms with Crippen LogP contribution in [0.25, 0.3) is 11.5 Å². The third-order valence-electron chi connectivity index (χ3n) is 2.10. The molecule has 0 saturated carbocycles. The summed E-state index contributed by atoms with van der Waals surface area (Å²) in [6.45, 7) is 1.51. The first kappa shape index (κ1) is 12.6. The van der Waals surface area contributed by atoms with Gasteiger partial charge in [-0.3, -0.25) is 4.79 Å². The summed E-state index contributed by atoms with van der Waals surface area (Å²) < 4.78 is 18.3. The van der Waals surface area contributed by atoms with E-state index in [0.717, 1.165) is 11.8 Å². The summed E-state index contributed by atoms with van der Waals surface area (Å²) in [5.41, 5.74) is 0.456. The van der Waals surface area contributed by atoms with Crippen molar-refractivity contribution in [2.75, 3.05) is 0 Å². The molecule has 0 amide bonds. The second kappa shape index (κ2) is 5.18. The molecule has 1 atom stereocenters. The number of aromatic nitrogens is 2. The maximum absolute atomic E-state index is 13.0. The van der Waals surface area contributed by atoms with E-state index in [1.54, 1.807) is 6.07 Å². The summed E-state index contributed by atoms with van der Waals surface area (Å²) in [6.07, 6.45) is 0. The molecule has 0 bridgehead atoms. The number of rotatable bonds is 4. The Morgan fingerprint density at radius 1 is 1.50 bits per heavy atom. The Balaban J connectivity index is 2.18. The highest BCUT2D eigenvalue weighted by molar-refractivity contribution is 8.00. The van der Waals surface area contributed by atoms with E-state index in [1.165, 1.54) is 25.1 Å². The average Bonchev–Trinajstić information content (AvgIpc) is 2.77. The van der Waals surface area contributed by atoms with Gasteiger partial charge >= 0.3 is 5.97 Å². The molecule has 1 N–H and O–H groups in total. The Morgan fingerprint density at radius 3 is 2.94 bits per heavy atom. The van der Waals surface area contributed by atoms with Crippen molar-refractivity contribution in [3.63, 3.8) is 0 Å². The highest BCUT2D eigenvalue weighted by atomic mass is 32.2. The van der Waals surface area contributed by atoms with Gasteiger partial charge < -0.3 is 9.52 Å². The van der Waals surface area contributed by atoms with Gasteiger partial charge in [0.05, 0.1) is 0 Å². The number of hydrogen-bond acceptors (Lipinski definition) is 5. The zero-order valence-corrected chi connectivity index (χ0v) is 10.1. The van der Waals surface area contributed by atoms with E-state index >= 15 is 0 Å². The topological polar surface area (TPSA) is 76.2 Å². The summed E-state index contributed by atoms with van der Waals surface area (Å²) in [7, 11) is 0. The molecule has 1 aromatic heterocycles. The zero-order chi connectivity index (χ0) is 13.1. The second-order valence-corrected chi connectivity index (χ2v) is 4.77. The number of hydrogen-bond donors (Lipinski definition) is 1. The van der Waals surface area contributed by atoms with E-state index in [1.807, 2.05) is 0 Å². The van der Waals surface area contributed by atoms with Crippen LogP contribution < -0.4 is 0 Å². The van der Waals surface area contributed by atoms with Gasteiger partial charge in [-0.2, -0.15) is 0 Å². The number of carboxylic acids is 1. The van der Waals surface area contributed by atoms with E-state index < -0.39 is 17.0 Å². The third kappa shape index (κ3) is 2.86. The first-order valence-electron chi connectivity index (χ1n) is 5.05. The molecule has 0 aliphatic carbocycles. The van der Waals surface area contributed by atoms with Crippen LogP contribution in [0.1, 0.15) is 6.92 Å². The van der Waals surface area contributed by atoms with Crippen molar-refractivity contribution in [1.29, 1.82) is 0 Å². The van der Waals surface area contributed by atoms with Crippen LogP contribution in [0.4, 0.5) is 4.39 Å². The molecule has 0 fully saturated rings. The summed E-state index contributed by atoms with van der Waals surface area (Å²) in [5, 5.41) is 15.6. The fourth-order valence-corrected chi connectivity index (χ4v) is 1.82. The first-order chi connectivity index (χ1) is 8.56. The Hall–Kier alpha value is -1.89. The SMILES string of the molecule is C[C@H](Sc1nnc(-c2cccc(F)c2)o1)C(=O)O. The lowest BCUT2D eigenvalue weighted by atomic mass is 10.2. The molecule has 2 rings (SSSR count). The summed E-state index contributed by atoms with van der Waals surface area (Å²) in [5.74, 6) is -1.21. The minimum absolute atomic E-state index is 0.143. The molecule has 0 unspecified atom stereocenters. The average molecular weight is 268 g/mol. The number of nitrogens with zero attached hydrogens (tertiary/aromatic N) is 2. The monoisotopic (exact) mass is 268 g/mol. The summed E-state index contributed by atoms with van der Waals surface area (Å²) >= 11 is 0.938. The molecule has 0 radical (unpaired) electrons. The Morgan fingerprint density at radius 2 is 2.28 bits per heavy atom. The minimum Gasteiger partial charge on any atom is -0.480 e. The van der Waals surface area contributed by atoms with Gasteiger partial charge in [0.15, 0.2) is 0 Å². The van der Waals surface area contributed by atoms with Crippen molar-refractivity contribution in [3.05, 3.63) is 30.1 Å². The van der Waals surface area contributed by atoms with Crippen molar-refractivity contribution < 1.29 is 18.7 Å². The summed E-state index contributed by atoms with van der Waals surface area (Å²) in [6, 6.07) is 5.73. The van der Waals surface area contributed by atoms with Gasteiger partial charge in [-0.05, 0) is 25.1 Å². The van der Waals surface area contributed by atoms with Crippen LogP contribution in [-0.4, -0.2) is 26.5 Å². The molecular formula is C11H9FN2O3S. The fourth-order valence-electron chi connectivity index (χ4n) is 1.20. The van der Waals surface area contributed by atoms with E-state index in [0.29, 0.717) is 5.56 Å². The standard InChI is InChI=1S/C11H9FN2O3S/c1-6(10(15)16)18-11-14-13-9(17-11)7-3-2-4-8(12)5-7/h2-6H,1H3,(H,15,16)/t6-/m0/s1. The van der Waals surface area contributed by atoms with Gasteiger partial charge in [-0.1, -0.05) is 17.8 Å². The van der Waals surface area contributed by atoms with Crippen LogP contribution in [-0.2, 0) is 4.79 Å². The van der Waals surface area contributed by atoms with Gasteiger partial charge in [0.2, 0.25) is 5.89 Å². The molecule has 18 heavy (non-hydrogen) atoms. The van der Waals surface area contributed by atoms with Crippen LogP contribution in [0, 0.1) is 5.82 Å². The highest BCUT2D eigenvalue weighted by Gasteiger charge is 2.17. The van der Waals surface area contributed by atoms with E-state index in [4.69, 9.17) is 9.52 Å². The maximum Gasteiger partial charge on any atom is 0.316 e. The van der Waals surface area contributed by atoms with Gasteiger partial charge in [0, 0.05) is 5.56 Å². The number of carboxylic acid groups (broad SMARTS) is 1. The lowest BCUT2D eigenvalue weighted by Gasteiger charge is -1.99. The normalized spacial score (nSPS) is 12.3. The van der Waals surface area contributed by atoms with Crippen LogP contribution in [0.15, 0.2) is 33.9 Å². The predicted molar refractivity (Wildman–Crippen MR) is 62.6 cm³/mol. The molecule has 1 aromatic carbocycles. The molecule has 0 aliphatic heterocycles. The predicted octanol–water partition coefficient (Wildman–Crippen LogP) is 2.44. The third-order valence-corrected chi connectivity index (χ3v) is 3.03. The van der Waals surface area contributed by atoms with Crippen LogP contribution in [0.5, 0.6) is 0 Å². The Bertz CT molecular complexity index is 573. The molecule has 2 aromatic rings. The lowest BCUT2D eigenvalue weighted by molar-refractivity contribution is -0.136. The highest BCUT2D eigenvalue weighted by Crippen LogP contribution is 2.26. The Kier molecular flexibility index (Phi) is 3.61. The molecule has 94 valence electrons. The molecule has 0 spiro atoms. The summed E-state index contributed by atoms with van der Waals surface area (Å²) in [4.78, 5) is 10.7. The molecule has 5 nitrogen and oxygen atoms in total. The van der Waals surface area contributed by atoms with E-state index in [-0.39, 0.29) is 11.1 Å². The first-order valence-corrected chi connectivity index (χ1v) is 5.93. The van der Waals surface area contributed by atoms with Crippen LogP contribution in [0.3, 0.4) is 0 Å². The molecule has 0 aliphatic rings. The van der Waals surface area contributed by atoms with Gasteiger partial charge in [-0.25, -0.2) is 4.39 Å². The lowest BCUT2D eigenvalue weighted by Crippen LogP contribution is -2.10. The second-order valence-electron chi connectivity index (χ2n) is 3.48.